The van der Waals surface area contributed by atoms with Crippen molar-refractivity contribution in [2.45, 2.75) is 37.7 Å². The number of rotatable bonds is 9. The van der Waals surface area contributed by atoms with E-state index in [1.165, 1.54) is 17.3 Å². The van der Waals surface area contributed by atoms with Crippen LogP contribution in [-0.2, 0) is 31.3 Å². The molecule has 2 unspecified atom stereocenters. The van der Waals surface area contributed by atoms with Crippen LogP contribution in [0.1, 0.15) is 24.5 Å². The lowest BCUT2D eigenvalue weighted by Crippen LogP contribution is -2.56. The number of carbonyl (C=O) groups excluding carboxylic acids is 5. The molecule has 14 nitrogen and oxygen atoms in total. The van der Waals surface area contributed by atoms with Crippen LogP contribution in [0, 0.1) is 0 Å². The molecule has 19 heteroatoms. The van der Waals surface area contributed by atoms with E-state index in [0.717, 1.165) is 0 Å². The minimum Gasteiger partial charge on any atom is -0.542 e. The summed E-state index contributed by atoms with van der Waals surface area (Å²) in [5.74, 6) is -4.74. The zero-order valence-corrected chi connectivity index (χ0v) is 23.4. The van der Waals surface area contributed by atoms with Gasteiger partial charge in [-0.3, -0.25) is 19.6 Å². The number of aliphatic carboxylic acids is 1. The molecule has 4 N–H and O–H groups in total. The lowest BCUT2D eigenvalue weighted by molar-refractivity contribution is -0.344. The molecule has 1 aromatic heterocycles. The Labute approximate surface area is 250 Å². The largest absolute Gasteiger partial charge is 0.542 e. The number of ether oxygens (including phenoxy) is 1. The maximum atomic E-state index is 13.5. The van der Waals surface area contributed by atoms with Crippen molar-refractivity contribution in [3.8, 4) is 5.75 Å². The summed E-state index contributed by atoms with van der Waals surface area (Å²) in [5, 5.41) is 33.3. The number of nitrogens with one attached hydrogen (secondary N) is 3. The topological polar surface area (TPSA) is 213 Å². The van der Waals surface area contributed by atoms with Crippen molar-refractivity contribution in [1.29, 1.82) is 0 Å². The number of hydrogen-bond donors (Lipinski definition) is 4. The smallest absolute Gasteiger partial charge is 0.430 e. The van der Waals surface area contributed by atoms with Gasteiger partial charge >= 0.3 is 6.18 Å². The molecule has 0 radical (unpaired) electrons. The second-order valence-corrected chi connectivity index (χ2v) is 9.49. The number of carbonyl (C=O) groups is 5. The highest BCUT2D eigenvalue weighted by Crippen LogP contribution is 2.35. The summed E-state index contributed by atoms with van der Waals surface area (Å²) < 4.78 is 37.3. The summed E-state index contributed by atoms with van der Waals surface area (Å²) in [4.78, 5) is 62.4. The van der Waals surface area contributed by atoms with E-state index in [4.69, 9.17) is 43.0 Å². The van der Waals surface area contributed by atoms with Gasteiger partial charge in [0.25, 0.3) is 11.8 Å². The predicted octanol–water partition coefficient (Wildman–Crippen LogP) is -0.363. The van der Waals surface area contributed by atoms with E-state index < -0.39 is 54.1 Å². The summed E-state index contributed by atoms with van der Waals surface area (Å²) in [5.41, 5.74) is 0.992. The third-order valence-electron chi connectivity index (χ3n) is 5.86. The average Bonchev–Trinajstić information content (AvgIpc) is 3.25. The lowest BCUT2D eigenvalue weighted by atomic mass is 9.87. The first-order chi connectivity index (χ1) is 20.0. The first-order valence-electron chi connectivity index (χ1n) is 11.8. The molecule has 234 valence electrons. The number of carboxylic acid groups (broad SMARTS) is 2. The Morgan fingerprint density at radius 3 is 2.19 bits per heavy atom. The number of hydroxylamine groups is 1. The average molecular weight is 652 g/mol. The normalized spacial score (nSPS) is 16.8. The Bertz CT molecular complexity index is 1340. The van der Waals surface area contributed by atoms with Crippen molar-refractivity contribution < 1.29 is 57.3 Å². The molecule has 1 aliphatic rings. The van der Waals surface area contributed by atoms with Gasteiger partial charge in [0.15, 0.2) is 0 Å². The first kappa shape index (κ1) is 34.8. The Hall–Kier alpha value is -4.35. The minimum atomic E-state index is -5.19. The number of hydrogen-bond acceptors (Lipinski definition) is 10. The zero-order chi connectivity index (χ0) is 32.5. The van der Waals surface area contributed by atoms with Crippen molar-refractivity contribution in [2.75, 3.05) is 13.1 Å². The van der Waals surface area contributed by atoms with E-state index in [1.807, 2.05) is 5.32 Å². The van der Waals surface area contributed by atoms with Crippen LogP contribution >= 0.6 is 23.2 Å². The third kappa shape index (κ3) is 9.59. The van der Waals surface area contributed by atoms with Gasteiger partial charge in [-0.05, 0) is 42.3 Å². The van der Waals surface area contributed by atoms with Crippen LogP contribution in [0.15, 0.2) is 36.4 Å². The van der Waals surface area contributed by atoms with E-state index in [1.54, 1.807) is 36.4 Å². The fourth-order valence-corrected chi connectivity index (χ4v) is 4.34. The van der Waals surface area contributed by atoms with E-state index in [0.29, 0.717) is 16.9 Å². The molecule has 0 aliphatic carbocycles. The van der Waals surface area contributed by atoms with Gasteiger partial charge in [-0.25, -0.2) is 10.5 Å². The fourth-order valence-electron chi connectivity index (χ4n) is 3.84. The number of aromatic nitrogens is 1. The van der Waals surface area contributed by atoms with Gasteiger partial charge in [-0.2, -0.15) is 13.2 Å². The third-order valence-corrected chi connectivity index (χ3v) is 6.25. The van der Waals surface area contributed by atoms with E-state index in [2.05, 4.69) is 10.3 Å². The number of carboxylic acids is 1. The van der Waals surface area contributed by atoms with Gasteiger partial charge in [0.1, 0.15) is 46.3 Å². The fraction of sp³-hybridized carbons (Fsp3) is 0.333. The van der Waals surface area contributed by atoms with Gasteiger partial charge in [0.05, 0.1) is 6.54 Å². The molecule has 4 amide bonds. The monoisotopic (exact) mass is 651 g/mol. The maximum Gasteiger partial charge on any atom is 0.430 e. The van der Waals surface area contributed by atoms with Crippen molar-refractivity contribution in [3.63, 3.8) is 0 Å². The Morgan fingerprint density at radius 1 is 1.14 bits per heavy atom. The summed E-state index contributed by atoms with van der Waals surface area (Å²) in [6, 6.07) is 8.51. The minimum absolute atomic E-state index is 0.0835. The van der Waals surface area contributed by atoms with Crippen molar-refractivity contribution in [3.05, 3.63) is 57.8 Å². The van der Waals surface area contributed by atoms with E-state index in [-0.39, 0.29) is 29.9 Å². The molecule has 43 heavy (non-hydrogen) atoms. The quantitative estimate of drug-likeness (QED) is 0.157. The highest BCUT2D eigenvalue weighted by atomic mass is 35.5. The number of alkyl halides is 3. The number of amides is 4. The highest BCUT2D eigenvalue weighted by Gasteiger charge is 2.51. The van der Waals surface area contributed by atoms with E-state index >= 15 is 0 Å². The molecule has 2 atom stereocenters. The summed E-state index contributed by atoms with van der Waals surface area (Å²) in [7, 11) is 0. The molecule has 0 saturated carbocycles. The van der Waals surface area contributed by atoms with Crippen LogP contribution in [0.3, 0.4) is 0 Å². The van der Waals surface area contributed by atoms with Gasteiger partial charge in [-0.15, -0.1) is 0 Å². The number of nitrogens with zero attached hydrogens (tertiary/aromatic N) is 2. The summed E-state index contributed by atoms with van der Waals surface area (Å²) >= 11 is 11.8. The zero-order valence-electron chi connectivity index (χ0n) is 21.9. The molecule has 0 spiro atoms. The molecule has 3 rings (SSSR count). The Morgan fingerprint density at radius 2 is 1.70 bits per heavy atom. The standard InChI is InChI=1S/C22H23Cl2N5O7.C2HF3O2/c1-12(19(31)28-35)29-7-6-22(20(29)32,27-18(30)10-25-21(33)34)14-2-4-15(5-3-14)36-11-13-8-16(23)26-17(24)9-13;3-2(4,5)1(6)7/h2-5,8-9,12,25,35H,6-7,10-11H2,1H3,(H,27,30)(H,28,31)(H,33,34);(H,6,7)/p-2. The van der Waals surface area contributed by atoms with Crippen LogP contribution in [-0.4, -0.2) is 70.2 Å². The predicted molar refractivity (Wildman–Crippen MR) is 135 cm³/mol. The molecular weight excluding hydrogens is 630 g/mol. The molecule has 2 aromatic rings. The van der Waals surface area contributed by atoms with Crippen molar-refractivity contribution in [2.24, 2.45) is 0 Å². The molecule has 2 heterocycles. The highest BCUT2D eigenvalue weighted by molar-refractivity contribution is 6.32. The second-order valence-electron chi connectivity index (χ2n) is 8.71. The molecule has 1 aliphatic heterocycles. The van der Waals surface area contributed by atoms with Gasteiger partial charge in [0.2, 0.25) is 5.91 Å². The summed E-state index contributed by atoms with van der Waals surface area (Å²) in [6.45, 7) is 1.01. The van der Waals surface area contributed by atoms with Gasteiger partial charge in [-0.1, -0.05) is 35.3 Å². The van der Waals surface area contributed by atoms with Crippen LogP contribution in [0.5, 0.6) is 5.75 Å². The van der Waals surface area contributed by atoms with Crippen molar-refractivity contribution in [1.82, 2.24) is 26.0 Å². The lowest BCUT2D eigenvalue weighted by Gasteiger charge is -2.31. The maximum absolute atomic E-state index is 13.5. The van der Waals surface area contributed by atoms with Crippen LogP contribution in [0.2, 0.25) is 10.3 Å². The Kier molecular flexibility index (Phi) is 11.9. The molecule has 1 saturated heterocycles. The number of likely N-dealkylation sites (tertiary alicyclic amines) is 1. The SMILES string of the molecule is CC(C(=O)NO)N1CCC(NC(=O)CNC(=O)[O-])(c2ccc(OCc3cc(Cl)nc(Cl)c3)cc2)C1=O.O=C([O-])C(F)(F)F. The number of benzene rings is 1. The second kappa shape index (κ2) is 14.7. The number of halogens is 5. The van der Waals surface area contributed by atoms with Crippen molar-refractivity contribution >= 4 is 53.0 Å². The Balaban J connectivity index is 0.000000821. The first-order valence-corrected chi connectivity index (χ1v) is 12.6. The molecule has 0 bridgehead atoms. The van der Waals surface area contributed by atoms with E-state index in [9.17, 15) is 37.5 Å². The van der Waals surface area contributed by atoms with Crippen LogP contribution in [0.25, 0.3) is 0 Å². The molecule has 1 fully saturated rings. The van der Waals surface area contributed by atoms with Crippen LogP contribution < -0.4 is 31.1 Å². The van der Waals surface area contributed by atoms with Gasteiger partial charge in [0, 0.05) is 13.0 Å². The summed E-state index contributed by atoms with van der Waals surface area (Å²) in [6.07, 6.45) is -6.76. The van der Waals surface area contributed by atoms with Gasteiger partial charge < -0.3 is 40.1 Å². The number of pyridine rings is 1. The molecule has 1 aromatic carbocycles. The molecular formula is C24H22Cl2F3N5O9-2. The van der Waals surface area contributed by atoms with Crippen LogP contribution in [0.4, 0.5) is 18.0 Å².